The smallest absolute Gasteiger partial charge is 0.410 e. The third-order valence-electron chi connectivity index (χ3n) is 5.00. The molecule has 8 heteroatoms. The number of aromatic nitrogens is 2. The van der Waals surface area contributed by atoms with Crippen LogP contribution in [0.5, 0.6) is 0 Å². The third kappa shape index (κ3) is 4.56. The molecule has 1 fully saturated rings. The highest BCUT2D eigenvalue weighted by Crippen LogP contribution is 2.42. The minimum atomic E-state index is -1.24. The van der Waals surface area contributed by atoms with Gasteiger partial charge >= 0.3 is 6.09 Å². The van der Waals surface area contributed by atoms with Gasteiger partial charge < -0.3 is 14.7 Å². The SMILES string of the molecule is CC(C)(C)OC(=O)N1CCC(O)(c2ccc(C#N)nc2)CC1c1ccc(C#N)nc1. The molecule has 0 aromatic carbocycles. The maximum absolute atomic E-state index is 12.9. The molecule has 2 aromatic rings. The van der Waals surface area contributed by atoms with E-state index in [-0.39, 0.29) is 24.4 Å². The Labute approximate surface area is 175 Å². The van der Waals surface area contributed by atoms with E-state index in [2.05, 4.69) is 9.97 Å². The Bertz CT molecular complexity index is 1000. The van der Waals surface area contributed by atoms with Gasteiger partial charge in [0.1, 0.15) is 29.1 Å². The van der Waals surface area contributed by atoms with E-state index in [0.717, 1.165) is 0 Å². The predicted octanol–water partition coefficient (Wildman–Crippen LogP) is 3.18. The first-order valence-electron chi connectivity index (χ1n) is 9.60. The van der Waals surface area contributed by atoms with Crippen molar-refractivity contribution < 1.29 is 14.6 Å². The van der Waals surface area contributed by atoms with Gasteiger partial charge in [-0.2, -0.15) is 10.5 Å². The number of nitrogens with zero attached hydrogens (tertiary/aromatic N) is 5. The first-order valence-corrected chi connectivity index (χ1v) is 9.60. The molecule has 1 aliphatic heterocycles. The van der Waals surface area contributed by atoms with E-state index in [9.17, 15) is 9.90 Å². The number of rotatable bonds is 2. The van der Waals surface area contributed by atoms with E-state index in [1.165, 1.54) is 6.20 Å². The van der Waals surface area contributed by atoms with Crippen molar-refractivity contribution in [3.05, 3.63) is 59.2 Å². The van der Waals surface area contributed by atoms with Crippen LogP contribution in [0, 0.1) is 22.7 Å². The molecule has 30 heavy (non-hydrogen) atoms. The van der Waals surface area contributed by atoms with E-state index >= 15 is 0 Å². The van der Waals surface area contributed by atoms with Crippen LogP contribution in [0.2, 0.25) is 0 Å². The lowest BCUT2D eigenvalue weighted by Gasteiger charge is -2.44. The first kappa shape index (κ1) is 21.2. The summed E-state index contributed by atoms with van der Waals surface area (Å²) in [6.07, 6.45) is 3.06. The van der Waals surface area contributed by atoms with E-state index in [0.29, 0.717) is 17.5 Å². The standard InChI is InChI=1S/C22H23N5O3/c1-21(2,3)30-20(28)27-9-8-22(29,16-5-7-18(12-24)26-14-16)10-19(27)15-4-6-17(11-23)25-13-15/h4-7,13-14,19,29H,8-10H2,1-3H3. The summed E-state index contributed by atoms with van der Waals surface area (Å²) in [5.41, 5.74) is -0.0872. The number of piperidine rings is 1. The molecule has 0 spiro atoms. The molecular weight excluding hydrogens is 382 g/mol. The molecule has 8 nitrogen and oxygen atoms in total. The molecule has 2 aromatic heterocycles. The summed E-state index contributed by atoms with van der Waals surface area (Å²) in [7, 11) is 0. The average Bonchev–Trinajstić information content (AvgIpc) is 2.72. The zero-order chi connectivity index (χ0) is 21.9. The summed E-state index contributed by atoms with van der Waals surface area (Å²) in [5, 5.41) is 29.4. The van der Waals surface area contributed by atoms with Crippen LogP contribution < -0.4 is 0 Å². The molecule has 1 aliphatic rings. The van der Waals surface area contributed by atoms with Gasteiger partial charge in [-0.3, -0.25) is 0 Å². The van der Waals surface area contributed by atoms with Gasteiger partial charge in [-0.15, -0.1) is 0 Å². The minimum absolute atomic E-state index is 0.202. The number of ether oxygens (including phenoxy) is 1. The predicted molar refractivity (Wildman–Crippen MR) is 107 cm³/mol. The van der Waals surface area contributed by atoms with Crippen molar-refractivity contribution in [2.45, 2.75) is 50.9 Å². The van der Waals surface area contributed by atoms with Crippen molar-refractivity contribution in [2.24, 2.45) is 0 Å². The van der Waals surface area contributed by atoms with Crippen LogP contribution >= 0.6 is 0 Å². The van der Waals surface area contributed by atoms with E-state index < -0.39 is 23.3 Å². The molecule has 154 valence electrons. The van der Waals surface area contributed by atoms with Crippen LogP contribution in [0.25, 0.3) is 0 Å². The van der Waals surface area contributed by atoms with Crippen LogP contribution in [-0.4, -0.2) is 38.2 Å². The number of hydrogen-bond donors (Lipinski definition) is 1. The number of carbonyl (C=O) groups excluding carboxylic acids is 1. The highest BCUT2D eigenvalue weighted by atomic mass is 16.6. The van der Waals surface area contributed by atoms with Crippen molar-refractivity contribution in [1.29, 1.82) is 10.5 Å². The van der Waals surface area contributed by atoms with Crippen LogP contribution in [0.1, 0.15) is 62.2 Å². The number of aliphatic hydroxyl groups is 1. The zero-order valence-corrected chi connectivity index (χ0v) is 17.2. The molecule has 3 rings (SSSR count). The molecule has 2 unspecified atom stereocenters. The minimum Gasteiger partial charge on any atom is -0.444 e. The topological polar surface area (TPSA) is 123 Å². The summed E-state index contributed by atoms with van der Waals surface area (Å²) in [5.74, 6) is 0. The van der Waals surface area contributed by atoms with Gasteiger partial charge in [0, 0.05) is 30.9 Å². The Morgan fingerprint density at radius 3 is 2.30 bits per heavy atom. The van der Waals surface area contributed by atoms with Gasteiger partial charge in [0.05, 0.1) is 11.6 Å². The lowest BCUT2D eigenvalue weighted by atomic mass is 9.79. The van der Waals surface area contributed by atoms with Gasteiger partial charge in [0.2, 0.25) is 0 Å². The van der Waals surface area contributed by atoms with Crippen molar-refractivity contribution >= 4 is 6.09 Å². The largest absolute Gasteiger partial charge is 0.444 e. The van der Waals surface area contributed by atoms with E-state index in [1.807, 2.05) is 12.1 Å². The number of pyridine rings is 2. The molecular formula is C22H23N5O3. The summed E-state index contributed by atoms with van der Waals surface area (Å²) < 4.78 is 5.56. The van der Waals surface area contributed by atoms with Gasteiger partial charge in [-0.05, 0) is 44.9 Å². The Hall–Kier alpha value is -3.49. The molecule has 1 N–H and O–H groups in total. The second kappa shape index (κ2) is 8.10. The fourth-order valence-electron chi connectivity index (χ4n) is 3.50. The second-order valence-electron chi connectivity index (χ2n) is 8.31. The maximum Gasteiger partial charge on any atom is 0.410 e. The molecule has 1 amide bonds. The number of likely N-dealkylation sites (tertiary alicyclic amines) is 1. The van der Waals surface area contributed by atoms with E-state index in [1.54, 1.807) is 56.1 Å². The van der Waals surface area contributed by atoms with Crippen molar-refractivity contribution in [3.63, 3.8) is 0 Å². The number of amides is 1. The average molecular weight is 405 g/mol. The molecule has 0 bridgehead atoms. The molecule has 3 heterocycles. The van der Waals surface area contributed by atoms with Crippen LogP contribution in [0.3, 0.4) is 0 Å². The second-order valence-corrected chi connectivity index (χ2v) is 8.31. The van der Waals surface area contributed by atoms with Crippen molar-refractivity contribution in [2.75, 3.05) is 6.54 Å². The lowest BCUT2D eigenvalue weighted by Crippen LogP contribution is -2.48. The van der Waals surface area contributed by atoms with Crippen LogP contribution in [0.15, 0.2) is 36.7 Å². The molecule has 0 saturated carbocycles. The normalized spacial score (nSPS) is 21.4. The number of nitriles is 2. The Morgan fingerprint density at radius 1 is 1.17 bits per heavy atom. The van der Waals surface area contributed by atoms with Gasteiger partial charge in [-0.25, -0.2) is 14.8 Å². The molecule has 2 atom stereocenters. The fourth-order valence-corrected chi connectivity index (χ4v) is 3.50. The summed E-state index contributed by atoms with van der Waals surface area (Å²) in [6, 6.07) is 9.99. The summed E-state index contributed by atoms with van der Waals surface area (Å²) in [6.45, 7) is 5.65. The highest BCUT2D eigenvalue weighted by Gasteiger charge is 2.43. The number of carbonyl (C=O) groups is 1. The van der Waals surface area contributed by atoms with E-state index in [4.69, 9.17) is 15.3 Å². The summed E-state index contributed by atoms with van der Waals surface area (Å²) in [4.78, 5) is 22.6. The lowest BCUT2D eigenvalue weighted by molar-refractivity contribution is -0.0595. The Kier molecular flexibility index (Phi) is 5.73. The maximum atomic E-state index is 12.9. The van der Waals surface area contributed by atoms with Gasteiger partial charge in [0.15, 0.2) is 0 Å². The number of hydrogen-bond acceptors (Lipinski definition) is 7. The molecule has 1 saturated heterocycles. The fraction of sp³-hybridized carbons (Fsp3) is 0.409. The Balaban J connectivity index is 1.95. The van der Waals surface area contributed by atoms with Crippen molar-refractivity contribution in [1.82, 2.24) is 14.9 Å². The third-order valence-corrected chi connectivity index (χ3v) is 5.00. The monoisotopic (exact) mass is 405 g/mol. The quantitative estimate of drug-likeness (QED) is 0.814. The first-order chi connectivity index (χ1) is 14.1. The summed E-state index contributed by atoms with van der Waals surface area (Å²) >= 11 is 0. The Morgan fingerprint density at radius 2 is 1.80 bits per heavy atom. The molecule has 0 aliphatic carbocycles. The van der Waals surface area contributed by atoms with Gasteiger partial charge in [0.25, 0.3) is 0 Å². The zero-order valence-electron chi connectivity index (χ0n) is 17.2. The van der Waals surface area contributed by atoms with Gasteiger partial charge in [-0.1, -0.05) is 12.1 Å². The molecule has 0 radical (unpaired) electrons. The van der Waals surface area contributed by atoms with Crippen LogP contribution in [-0.2, 0) is 10.3 Å². The van der Waals surface area contributed by atoms with Crippen LogP contribution in [0.4, 0.5) is 4.79 Å². The van der Waals surface area contributed by atoms with Crippen molar-refractivity contribution in [3.8, 4) is 12.1 Å². The highest BCUT2D eigenvalue weighted by molar-refractivity contribution is 5.69.